The summed E-state index contributed by atoms with van der Waals surface area (Å²) in [6.45, 7) is 2.09. The van der Waals surface area contributed by atoms with Gasteiger partial charge in [-0.05, 0) is 41.8 Å². The SMILES string of the molecule is CC1(c2ccc(-n3c4ccccc4c4cccc(-c5ccc(-c6ccccc6)cc5)c43)cc2)N=C(c2ccccc2)NC(c2ccccc2)=N1. The van der Waals surface area contributed by atoms with Crippen LogP contribution < -0.4 is 5.32 Å². The van der Waals surface area contributed by atoms with E-state index in [2.05, 4.69) is 162 Å². The Bertz CT molecular complexity index is 2470. The van der Waals surface area contributed by atoms with Crippen LogP contribution in [0.15, 0.2) is 192 Å². The van der Waals surface area contributed by atoms with Crippen LogP contribution in [0.2, 0.25) is 0 Å². The van der Waals surface area contributed by atoms with Crippen LogP contribution in [0.4, 0.5) is 0 Å². The molecule has 0 aliphatic carbocycles. The molecule has 1 N–H and O–H groups in total. The van der Waals surface area contributed by atoms with Gasteiger partial charge < -0.3 is 9.88 Å². The van der Waals surface area contributed by atoms with Gasteiger partial charge in [0, 0.05) is 38.7 Å². The standard InChI is InChI=1S/C46H34N4/c1-46(48-44(35-16-7-3-8-17-35)47-45(49-46)36-18-9-4-10-19-36)37-28-30-38(31-29-37)50-42-23-12-11-20-40(42)41-22-13-21-39(43(41)50)34-26-24-33(25-27-34)32-14-5-2-6-15-32/h2-31H,1H3,(H,47,48,49). The van der Waals surface area contributed by atoms with Crippen molar-refractivity contribution in [1.82, 2.24) is 9.88 Å². The summed E-state index contributed by atoms with van der Waals surface area (Å²) in [5.41, 5.74) is 10.5. The first-order chi connectivity index (χ1) is 24.6. The molecular weight excluding hydrogens is 609 g/mol. The van der Waals surface area contributed by atoms with E-state index in [1.165, 1.54) is 44.1 Å². The van der Waals surface area contributed by atoms with Crippen molar-refractivity contribution < 1.29 is 0 Å². The quantitative estimate of drug-likeness (QED) is 0.193. The number of para-hydroxylation sites is 2. The second kappa shape index (κ2) is 12.2. The van der Waals surface area contributed by atoms with E-state index >= 15 is 0 Å². The van der Waals surface area contributed by atoms with E-state index in [1.807, 2.05) is 36.4 Å². The molecule has 238 valence electrons. The van der Waals surface area contributed by atoms with Crippen molar-refractivity contribution in [3.8, 4) is 27.9 Å². The van der Waals surface area contributed by atoms with Gasteiger partial charge in [0.1, 0.15) is 11.7 Å². The van der Waals surface area contributed by atoms with Crippen LogP contribution >= 0.6 is 0 Å². The molecule has 1 aliphatic rings. The average molecular weight is 643 g/mol. The molecule has 0 bridgehead atoms. The molecule has 0 saturated heterocycles. The summed E-state index contributed by atoms with van der Waals surface area (Å²) in [4.78, 5) is 10.4. The Labute approximate surface area is 291 Å². The van der Waals surface area contributed by atoms with Gasteiger partial charge in [0.25, 0.3) is 0 Å². The smallest absolute Gasteiger partial charge is 0.177 e. The van der Waals surface area contributed by atoms with Crippen molar-refractivity contribution in [2.75, 3.05) is 0 Å². The minimum absolute atomic E-state index is 0.802. The molecule has 0 atom stereocenters. The number of hydrogen-bond donors (Lipinski definition) is 1. The highest BCUT2D eigenvalue weighted by molar-refractivity contribution is 6.16. The monoisotopic (exact) mass is 642 g/mol. The average Bonchev–Trinajstić information content (AvgIpc) is 3.53. The van der Waals surface area contributed by atoms with E-state index in [4.69, 9.17) is 9.98 Å². The molecule has 0 unspecified atom stereocenters. The van der Waals surface area contributed by atoms with Gasteiger partial charge in [0.2, 0.25) is 0 Å². The zero-order chi connectivity index (χ0) is 33.5. The van der Waals surface area contributed by atoms with E-state index in [1.54, 1.807) is 0 Å². The number of aromatic nitrogens is 1. The molecule has 9 rings (SSSR count). The minimum atomic E-state index is -0.827. The molecule has 0 spiro atoms. The molecule has 0 amide bonds. The van der Waals surface area contributed by atoms with Gasteiger partial charge >= 0.3 is 0 Å². The van der Waals surface area contributed by atoms with Crippen LogP contribution in [0, 0.1) is 0 Å². The van der Waals surface area contributed by atoms with E-state index in [9.17, 15) is 0 Å². The molecule has 0 radical (unpaired) electrons. The van der Waals surface area contributed by atoms with E-state index in [0.29, 0.717) is 0 Å². The van der Waals surface area contributed by atoms with Crippen LogP contribution in [-0.2, 0) is 5.66 Å². The Hall–Kier alpha value is -6.52. The number of amidine groups is 2. The topological polar surface area (TPSA) is 41.7 Å². The molecular formula is C46H34N4. The van der Waals surface area contributed by atoms with Gasteiger partial charge in [-0.1, -0.05) is 164 Å². The molecule has 1 aliphatic heterocycles. The summed E-state index contributed by atoms with van der Waals surface area (Å²) >= 11 is 0. The minimum Gasteiger partial charge on any atom is -0.324 e. The van der Waals surface area contributed by atoms with Gasteiger partial charge in [-0.25, -0.2) is 9.98 Å². The molecule has 2 heterocycles. The molecule has 0 fully saturated rings. The van der Waals surface area contributed by atoms with Crippen LogP contribution in [0.3, 0.4) is 0 Å². The van der Waals surface area contributed by atoms with E-state index < -0.39 is 5.66 Å². The Balaban J connectivity index is 1.17. The first kappa shape index (κ1) is 29.6. The summed E-state index contributed by atoms with van der Waals surface area (Å²) in [7, 11) is 0. The van der Waals surface area contributed by atoms with Crippen molar-refractivity contribution in [1.29, 1.82) is 0 Å². The molecule has 7 aromatic carbocycles. The maximum absolute atomic E-state index is 5.22. The molecule has 4 nitrogen and oxygen atoms in total. The summed E-state index contributed by atoms with van der Waals surface area (Å²) < 4.78 is 2.40. The van der Waals surface area contributed by atoms with Crippen LogP contribution in [0.5, 0.6) is 0 Å². The second-order valence-electron chi connectivity index (χ2n) is 12.8. The maximum atomic E-state index is 5.22. The lowest BCUT2D eigenvalue weighted by atomic mass is 9.98. The van der Waals surface area contributed by atoms with Crippen molar-refractivity contribution in [3.05, 3.63) is 199 Å². The first-order valence-electron chi connectivity index (χ1n) is 17.0. The fraction of sp³-hybridized carbons (Fsp3) is 0.0435. The predicted octanol–water partition coefficient (Wildman–Crippen LogP) is 10.8. The number of aliphatic imine (C=N–C) groups is 2. The number of nitrogens with zero attached hydrogens (tertiary/aromatic N) is 3. The van der Waals surface area contributed by atoms with Gasteiger partial charge in [-0.3, -0.25) is 0 Å². The summed E-state index contributed by atoms with van der Waals surface area (Å²) in [6, 6.07) is 64.1. The maximum Gasteiger partial charge on any atom is 0.177 e. The highest BCUT2D eigenvalue weighted by atomic mass is 15.2. The highest BCUT2D eigenvalue weighted by Crippen LogP contribution is 2.39. The van der Waals surface area contributed by atoms with Crippen molar-refractivity contribution in [2.45, 2.75) is 12.6 Å². The fourth-order valence-electron chi connectivity index (χ4n) is 7.14. The lowest BCUT2D eigenvalue weighted by molar-refractivity contribution is 0.518. The fourth-order valence-corrected chi connectivity index (χ4v) is 7.14. The lowest BCUT2D eigenvalue weighted by Crippen LogP contribution is -2.40. The molecule has 4 heteroatoms. The van der Waals surface area contributed by atoms with Crippen molar-refractivity contribution in [2.24, 2.45) is 9.98 Å². The number of hydrogen-bond acceptors (Lipinski definition) is 3. The third kappa shape index (κ3) is 5.19. The first-order valence-corrected chi connectivity index (χ1v) is 17.0. The van der Waals surface area contributed by atoms with Crippen LogP contribution in [-0.4, -0.2) is 16.2 Å². The Morgan fingerprint density at radius 2 is 0.940 bits per heavy atom. The third-order valence-electron chi connectivity index (χ3n) is 9.66. The zero-order valence-electron chi connectivity index (χ0n) is 27.7. The van der Waals surface area contributed by atoms with Crippen molar-refractivity contribution >= 4 is 33.5 Å². The van der Waals surface area contributed by atoms with Crippen molar-refractivity contribution in [3.63, 3.8) is 0 Å². The van der Waals surface area contributed by atoms with Gasteiger partial charge in [-0.15, -0.1) is 0 Å². The van der Waals surface area contributed by atoms with E-state index in [0.717, 1.165) is 34.0 Å². The largest absolute Gasteiger partial charge is 0.324 e. The number of benzene rings is 7. The van der Waals surface area contributed by atoms with E-state index in [-0.39, 0.29) is 0 Å². The Morgan fingerprint density at radius 1 is 0.440 bits per heavy atom. The number of fused-ring (bicyclic) bond motifs is 3. The van der Waals surface area contributed by atoms with Gasteiger partial charge in [-0.2, -0.15) is 0 Å². The lowest BCUT2D eigenvalue weighted by Gasteiger charge is -2.30. The summed E-state index contributed by atoms with van der Waals surface area (Å²) in [5, 5.41) is 5.98. The summed E-state index contributed by atoms with van der Waals surface area (Å²) in [6.07, 6.45) is 0. The summed E-state index contributed by atoms with van der Waals surface area (Å²) in [5.74, 6) is 1.60. The predicted molar refractivity (Wildman–Crippen MR) is 208 cm³/mol. The van der Waals surface area contributed by atoms with Crippen LogP contribution in [0.1, 0.15) is 23.6 Å². The van der Waals surface area contributed by atoms with Gasteiger partial charge in [0.05, 0.1) is 11.0 Å². The van der Waals surface area contributed by atoms with Gasteiger partial charge in [0.15, 0.2) is 5.66 Å². The molecule has 50 heavy (non-hydrogen) atoms. The molecule has 0 saturated carbocycles. The molecule has 1 aromatic heterocycles. The normalized spacial score (nSPS) is 13.9. The number of nitrogens with one attached hydrogen (secondary N) is 1. The molecule has 8 aromatic rings. The Morgan fingerprint density at radius 3 is 1.56 bits per heavy atom. The zero-order valence-corrected chi connectivity index (χ0v) is 27.7. The third-order valence-corrected chi connectivity index (χ3v) is 9.66. The number of rotatable bonds is 6. The highest BCUT2D eigenvalue weighted by Gasteiger charge is 2.31. The van der Waals surface area contributed by atoms with Crippen LogP contribution in [0.25, 0.3) is 49.7 Å². The second-order valence-corrected chi connectivity index (χ2v) is 12.8. The Kier molecular flexibility index (Phi) is 7.21.